The molecule has 0 aliphatic carbocycles. The Balaban J connectivity index is 1.40. The van der Waals surface area contributed by atoms with E-state index in [0.29, 0.717) is 30.0 Å². The Morgan fingerprint density at radius 3 is 2.32 bits per heavy atom. The number of carbonyl (C=O) groups is 2. The molecule has 1 aliphatic heterocycles. The zero-order valence-electron chi connectivity index (χ0n) is 18.0. The lowest BCUT2D eigenvalue weighted by atomic mass is 10.1. The monoisotopic (exact) mass is 483 g/mol. The molecule has 3 aromatic carbocycles. The molecule has 176 valence electrons. The normalized spacial score (nSPS) is 15.5. The number of hydrogen-bond acceptors (Lipinski definition) is 5. The SMILES string of the molecule is O=C(Nc1ccc(S(=O)(=O)Nc2cccc(F)c2)cc1)c1cccc(NC(=O)C2CCCO2)c1. The van der Waals surface area contributed by atoms with Gasteiger partial charge in [0.1, 0.15) is 11.9 Å². The van der Waals surface area contributed by atoms with Crippen molar-refractivity contribution in [2.45, 2.75) is 23.8 Å². The van der Waals surface area contributed by atoms with Crippen LogP contribution in [0.2, 0.25) is 0 Å². The molecule has 34 heavy (non-hydrogen) atoms. The van der Waals surface area contributed by atoms with Crippen LogP contribution in [0.3, 0.4) is 0 Å². The Bertz CT molecular complexity index is 1310. The zero-order chi connectivity index (χ0) is 24.1. The van der Waals surface area contributed by atoms with Gasteiger partial charge in [0.05, 0.1) is 10.6 Å². The van der Waals surface area contributed by atoms with Gasteiger partial charge in [-0.15, -0.1) is 0 Å². The smallest absolute Gasteiger partial charge is 0.261 e. The first-order valence-corrected chi connectivity index (χ1v) is 12.0. The van der Waals surface area contributed by atoms with Crippen molar-refractivity contribution in [1.29, 1.82) is 0 Å². The molecule has 0 spiro atoms. The number of sulfonamides is 1. The highest BCUT2D eigenvalue weighted by Gasteiger charge is 2.23. The molecule has 0 radical (unpaired) electrons. The lowest BCUT2D eigenvalue weighted by molar-refractivity contribution is -0.124. The molecule has 1 saturated heterocycles. The molecular formula is C24H22FN3O5S. The van der Waals surface area contributed by atoms with Crippen LogP contribution in [0, 0.1) is 5.82 Å². The van der Waals surface area contributed by atoms with Crippen LogP contribution in [-0.2, 0) is 19.6 Å². The van der Waals surface area contributed by atoms with E-state index in [-0.39, 0.29) is 16.5 Å². The summed E-state index contributed by atoms with van der Waals surface area (Å²) in [4.78, 5) is 24.8. The van der Waals surface area contributed by atoms with Crippen LogP contribution in [0.25, 0.3) is 0 Å². The van der Waals surface area contributed by atoms with E-state index in [1.165, 1.54) is 42.5 Å². The Kier molecular flexibility index (Phi) is 6.90. The minimum absolute atomic E-state index is 0.0476. The van der Waals surface area contributed by atoms with Crippen molar-refractivity contribution in [3.63, 3.8) is 0 Å². The number of rotatable bonds is 7. The Morgan fingerprint density at radius 1 is 0.882 bits per heavy atom. The summed E-state index contributed by atoms with van der Waals surface area (Å²) < 4.78 is 46.0. The van der Waals surface area contributed by atoms with Gasteiger partial charge in [-0.2, -0.15) is 0 Å². The minimum atomic E-state index is -3.93. The average molecular weight is 484 g/mol. The van der Waals surface area contributed by atoms with Crippen molar-refractivity contribution < 1.29 is 27.1 Å². The maximum atomic E-state index is 13.3. The molecule has 3 aromatic rings. The van der Waals surface area contributed by atoms with Gasteiger partial charge in [0.2, 0.25) is 0 Å². The predicted octanol–water partition coefficient (Wildman–Crippen LogP) is 4.00. The number of carbonyl (C=O) groups excluding carboxylic acids is 2. The van der Waals surface area contributed by atoms with Gasteiger partial charge in [-0.1, -0.05) is 12.1 Å². The summed E-state index contributed by atoms with van der Waals surface area (Å²) in [5.41, 5.74) is 1.26. The molecule has 2 amide bonds. The summed E-state index contributed by atoms with van der Waals surface area (Å²) in [6.45, 7) is 0.557. The second-order valence-corrected chi connectivity index (χ2v) is 9.35. The summed E-state index contributed by atoms with van der Waals surface area (Å²) in [5.74, 6) is -1.24. The van der Waals surface area contributed by atoms with Crippen molar-refractivity contribution in [2.75, 3.05) is 22.0 Å². The van der Waals surface area contributed by atoms with Gasteiger partial charge < -0.3 is 15.4 Å². The van der Waals surface area contributed by atoms with E-state index < -0.39 is 27.9 Å². The number of nitrogens with one attached hydrogen (secondary N) is 3. The lowest BCUT2D eigenvalue weighted by Crippen LogP contribution is -2.27. The van der Waals surface area contributed by atoms with Crippen LogP contribution in [0.1, 0.15) is 23.2 Å². The van der Waals surface area contributed by atoms with Gasteiger partial charge >= 0.3 is 0 Å². The summed E-state index contributed by atoms with van der Waals surface area (Å²) in [5, 5.41) is 5.44. The third kappa shape index (κ3) is 5.77. The highest BCUT2D eigenvalue weighted by atomic mass is 32.2. The summed E-state index contributed by atoms with van der Waals surface area (Å²) in [6, 6.07) is 17.1. The van der Waals surface area contributed by atoms with Crippen LogP contribution in [0.4, 0.5) is 21.5 Å². The van der Waals surface area contributed by atoms with Crippen molar-refractivity contribution in [1.82, 2.24) is 0 Å². The molecule has 0 saturated carbocycles. The fourth-order valence-electron chi connectivity index (χ4n) is 3.43. The van der Waals surface area contributed by atoms with E-state index in [1.54, 1.807) is 24.3 Å². The number of hydrogen-bond donors (Lipinski definition) is 3. The molecule has 0 aromatic heterocycles. The van der Waals surface area contributed by atoms with Gasteiger partial charge in [0.25, 0.3) is 21.8 Å². The fourth-order valence-corrected chi connectivity index (χ4v) is 4.48. The molecular weight excluding hydrogens is 461 g/mol. The van der Waals surface area contributed by atoms with E-state index in [2.05, 4.69) is 15.4 Å². The van der Waals surface area contributed by atoms with Crippen LogP contribution >= 0.6 is 0 Å². The summed E-state index contributed by atoms with van der Waals surface area (Å²) in [7, 11) is -3.93. The largest absolute Gasteiger partial charge is 0.368 e. The Morgan fingerprint density at radius 2 is 1.62 bits per heavy atom. The quantitative estimate of drug-likeness (QED) is 0.470. The third-order valence-corrected chi connectivity index (χ3v) is 6.51. The molecule has 3 N–H and O–H groups in total. The van der Waals surface area contributed by atoms with E-state index >= 15 is 0 Å². The first-order valence-electron chi connectivity index (χ1n) is 10.5. The summed E-state index contributed by atoms with van der Waals surface area (Å²) >= 11 is 0. The highest BCUT2D eigenvalue weighted by molar-refractivity contribution is 7.92. The highest BCUT2D eigenvalue weighted by Crippen LogP contribution is 2.20. The number of amides is 2. The fraction of sp³-hybridized carbons (Fsp3) is 0.167. The minimum Gasteiger partial charge on any atom is -0.368 e. The molecule has 1 aliphatic rings. The number of benzene rings is 3. The van der Waals surface area contributed by atoms with Crippen LogP contribution in [0.5, 0.6) is 0 Å². The number of halogens is 1. The molecule has 1 unspecified atom stereocenters. The maximum Gasteiger partial charge on any atom is 0.261 e. The first kappa shape index (κ1) is 23.4. The van der Waals surface area contributed by atoms with Crippen LogP contribution in [-0.4, -0.2) is 32.9 Å². The molecule has 1 fully saturated rings. The van der Waals surface area contributed by atoms with Crippen LogP contribution < -0.4 is 15.4 Å². The average Bonchev–Trinajstić information content (AvgIpc) is 3.35. The number of ether oxygens (including phenoxy) is 1. The Hall–Kier alpha value is -3.76. The second kappa shape index (κ2) is 10.0. The first-order chi connectivity index (χ1) is 16.3. The standard InChI is InChI=1S/C24H22FN3O5S/c25-17-5-2-7-20(15-17)28-34(31,32)21-11-9-18(10-12-21)26-23(29)16-4-1-6-19(14-16)27-24(30)22-8-3-13-33-22/h1-2,4-7,9-12,14-15,22,28H,3,8,13H2,(H,26,29)(H,27,30). The van der Waals surface area contributed by atoms with Gasteiger partial charge in [-0.25, -0.2) is 12.8 Å². The molecule has 0 bridgehead atoms. The van der Waals surface area contributed by atoms with Crippen LogP contribution in [0.15, 0.2) is 77.7 Å². The molecule has 4 rings (SSSR count). The zero-order valence-corrected chi connectivity index (χ0v) is 18.8. The Labute approximate surface area is 196 Å². The number of anilines is 3. The van der Waals surface area contributed by atoms with Crippen molar-refractivity contribution >= 4 is 38.9 Å². The molecule has 8 nitrogen and oxygen atoms in total. The molecule has 10 heteroatoms. The van der Waals surface area contributed by atoms with E-state index in [0.717, 1.165) is 12.5 Å². The van der Waals surface area contributed by atoms with Crippen molar-refractivity contribution in [3.05, 3.63) is 84.2 Å². The lowest BCUT2D eigenvalue weighted by Gasteiger charge is -2.12. The van der Waals surface area contributed by atoms with Gasteiger partial charge in [0.15, 0.2) is 0 Å². The van der Waals surface area contributed by atoms with Crippen molar-refractivity contribution in [2.24, 2.45) is 0 Å². The van der Waals surface area contributed by atoms with E-state index in [9.17, 15) is 22.4 Å². The molecule has 1 heterocycles. The molecule has 1 atom stereocenters. The van der Waals surface area contributed by atoms with Gasteiger partial charge in [-0.05, 0) is 73.5 Å². The summed E-state index contributed by atoms with van der Waals surface area (Å²) in [6.07, 6.45) is 1.01. The van der Waals surface area contributed by atoms with Gasteiger partial charge in [0, 0.05) is 23.5 Å². The van der Waals surface area contributed by atoms with E-state index in [4.69, 9.17) is 4.74 Å². The van der Waals surface area contributed by atoms with E-state index in [1.807, 2.05) is 0 Å². The third-order valence-electron chi connectivity index (χ3n) is 5.11. The maximum absolute atomic E-state index is 13.3. The van der Waals surface area contributed by atoms with Crippen molar-refractivity contribution in [3.8, 4) is 0 Å². The van der Waals surface area contributed by atoms with Gasteiger partial charge in [-0.3, -0.25) is 14.3 Å². The predicted molar refractivity (Wildman–Crippen MR) is 126 cm³/mol. The second-order valence-electron chi connectivity index (χ2n) is 7.67. The topological polar surface area (TPSA) is 114 Å².